The number of hydrogen-bond donors (Lipinski definition) is 2. The maximum atomic E-state index is 11.8. The van der Waals surface area contributed by atoms with E-state index < -0.39 is 24.5 Å². The predicted molar refractivity (Wildman–Crippen MR) is 99.9 cm³/mol. The van der Waals surface area contributed by atoms with Crippen molar-refractivity contribution in [1.82, 2.24) is 10.3 Å². The molecule has 0 aliphatic rings. The number of nitrogens with one attached hydrogen (secondary N) is 2. The fourth-order valence-electron chi connectivity index (χ4n) is 1.94. The third-order valence-electron chi connectivity index (χ3n) is 3.39. The van der Waals surface area contributed by atoms with Crippen LogP contribution in [-0.4, -0.2) is 29.5 Å². The summed E-state index contributed by atoms with van der Waals surface area (Å²) in [5, 5.41) is 7.32. The number of amides is 3. The van der Waals surface area contributed by atoms with E-state index in [0.717, 1.165) is 16.1 Å². The number of anilines is 1. The van der Waals surface area contributed by atoms with Crippen LogP contribution in [-0.2, 0) is 14.3 Å². The molecule has 0 fully saturated rings. The minimum Gasteiger partial charge on any atom is -0.452 e. The lowest BCUT2D eigenvalue weighted by atomic mass is 10.1. The number of aromatic nitrogens is 1. The van der Waals surface area contributed by atoms with E-state index in [0.29, 0.717) is 11.4 Å². The summed E-state index contributed by atoms with van der Waals surface area (Å²) in [6, 6.07) is 4.70. The summed E-state index contributed by atoms with van der Waals surface area (Å²) in [5.41, 5.74) is 3.32. The first-order chi connectivity index (χ1) is 12.3. The molecule has 26 heavy (non-hydrogen) atoms. The van der Waals surface area contributed by atoms with Crippen LogP contribution < -0.4 is 10.6 Å². The molecule has 0 radical (unpaired) electrons. The lowest BCUT2D eigenvalue weighted by Crippen LogP contribution is -2.37. The second-order valence-electron chi connectivity index (χ2n) is 5.53. The van der Waals surface area contributed by atoms with Gasteiger partial charge in [-0.05, 0) is 50.1 Å². The number of carbonyl (C=O) groups excluding carboxylic acids is 3. The molecule has 0 aliphatic carbocycles. The van der Waals surface area contributed by atoms with Gasteiger partial charge in [0.15, 0.2) is 6.61 Å². The van der Waals surface area contributed by atoms with Gasteiger partial charge in [-0.1, -0.05) is 6.07 Å². The zero-order chi connectivity index (χ0) is 19.1. The molecule has 2 aromatic rings. The number of ether oxygens (including phenoxy) is 1. The monoisotopic (exact) mass is 373 g/mol. The molecule has 8 heteroatoms. The fourth-order valence-corrected chi connectivity index (χ4v) is 2.52. The first-order valence-corrected chi connectivity index (χ1v) is 8.66. The van der Waals surface area contributed by atoms with Gasteiger partial charge >= 0.3 is 12.0 Å². The van der Waals surface area contributed by atoms with E-state index in [2.05, 4.69) is 15.6 Å². The normalized spacial score (nSPS) is 10.6. The van der Waals surface area contributed by atoms with Gasteiger partial charge in [0, 0.05) is 17.1 Å². The number of esters is 1. The van der Waals surface area contributed by atoms with Crippen molar-refractivity contribution in [2.75, 3.05) is 11.9 Å². The van der Waals surface area contributed by atoms with Gasteiger partial charge in [0.2, 0.25) is 0 Å². The first kappa shape index (κ1) is 19.3. The smallest absolute Gasteiger partial charge is 0.331 e. The van der Waals surface area contributed by atoms with Gasteiger partial charge in [0.1, 0.15) is 0 Å². The van der Waals surface area contributed by atoms with Crippen LogP contribution in [0.1, 0.15) is 21.8 Å². The highest BCUT2D eigenvalue weighted by Crippen LogP contribution is 2.13. The Balaban J connectivity index is 1.75. The van der Waals surface area contributed by atoms with E-state index in [1.165, 1.54) is 23.5 Å². The molecule has 0 spiro atoms. The molecular formula is C18H19N3O4S. The Morgan fingerprint density at radius 2 is 1.96 bits per heavy atom. The number of benzene rings is 1. The number of carbonyl (C=O) groups is 3. The second kappa shape index (κ2) is 8.91. The van der Waals surface area contributed by atoms with Gasteiger partial charge in [-0.2, -0.15) is 0 Å². The molecule has 0 atom stereocenters. The van der Waals surface area contributed by atoms with Crippen LogP contribution >= 0.6 is 11.3 Å². The Hall–Kier alpha value is -3.00. The van der Waals surface area contributed by atoms with Gasteiger partial charge in [-0.15, -0.1) is 11.3 Å². The third-order valence-corrected chi connectivity index (χ3v) is 4.18. The molecule has 0 saturated heterocycles. The molecule has 0 unspecified atom stereocenters. The first-order valence-electron chi connectivity index (χ1n) is 7.78. The van der Waals surface area contributed by atoms with Crippen molar-refractivity contribution in [3.63, 3.8) is 0 Å². The molecule has 1 heterocycles. The maximum absolute atomic E-state index is 11.8. The standard InChI is InChI=1S/C18H19N3O4S/c1-11-4-5-14(8-12(11)2)20-18(24)21-16(22)9-25-17(23)7-6-15-10-26-13(3)19-15/h4-8,10H,9H2,1-3H3,(H2,20,21,22,24)/b7-6+. The molecule has 3 amide bonds. The fraction of sp³-hybridized carbons (Fsp3) is 0.222. The van der Waals surface area contributed by atoms with Crippen LogP contribution in [0.4, 0.5) is 10.5 Å². The predicted octanol–water partition coefficient (Wildman–Crippen LogP) is 2.97. The Labute approximate surface area is 155 Å². The minimum atomic E-state index is -0.724. The Bertz CT molecular complexity index is 858. The van der Waals surface area contributed by atoms with Crippen LogP contribution in [0.5, 0.6) is 0 Å². The molecule has 2 N–H and O–H groups in total. The van der Waals surface area contributed by atoms with Crippen LogP contribution in [0.15, 0.2) is 29.7 Å². The number of nitrogens with zero attached hydrogens (tertiary/aromatic N) is 1. The van der Waals surface area contributed by atoms with Gasteiger partial charge in [0.05, 0.1) is 10.7 Å². The highest BCUT2D eigenvalue weighted by molar-refractivity contribution is 7.09. The van der Waals surface area contributed by atoms with E-state index in [1.54, 1.807) is 17.5 Å². The van der Waals surface area contributed by atoms with E-state index in [-0.39, 0.29) is 0 Å². The van der Waals surface area contributed by atoms with Crippen molar-refractivity contribution in [1.29, 1.82) is 0 Å². The zero-order valence-corrected chi connectivity index (χ0v) is 15.5. The van der Waals surface area contributed by atoms with E-state index in [1.807, 2.05) is 26.8 Å². The van der Waals surface area contributed by atoms with Crippen LogP contribution in [0.25, 0.3) is 6.08 Å². The quantitative estimate of drug-likeness (QED) is 0.620. The van der Waals surface area contributed by atoms with Crippen molar-refractivity contribution in [3.05, 3.63) is 51.5 Å². The molecule has 2 rings (SSSR count). The summed E-state index contributed by atoms with van der Waals surface area (Å²) in [6.07, 6.45) is 2.67. The van der Waals surface area contributed by atoms with Crippen molar-refractivity contribution in [3.8, 4) is 0 Å². The topological polar surface area (TPSA) is 97.4 Å². The molecule has 0 aliphatic heterocycles. The maximum Gasteiger partial charge on any atom is 0.331 e. The van der Waals surface area contributed by atoms with E-state index >= 15 is 0 Å². The van der Waals surface area contributed by atoms with Gasteiger partial charge in [0.25, 0.3) is 5.91 Å². The molecule has 1 aromatic heterocycles. The number of hydrogen-bond acceptors (Lipinski definition) is 6. The summed E-state index contributed by atoms with van der Waals surface area (Å²) in [6.45, 7) is 5.18. The molecular weight excluding hydrogens is 354 g/mol. The molecule has 0 bridgehead atoms. The lowest BCUT2D eigenvalue weighted by Gasteiger charge is -2.08. The highest BCUT2D eigenvalue weighted by Gasteiger charge is 2.10. The molecule has 1 aromatic carbocycles. The van der Waals surface area contributed by atoms with Crippen molar-refractivity contribution >= 4 is 41.0 Å². The zero-order valence-electron chi connectivity index (χ0n) is 14.7. The SMILES string of the molecule is Cc1nc(/C=C/C(=O)OCC(=O)NC(=O)Nc2ccc(C)c(C)c2)cs1. The number of imide groups is 1. The summed E-state index contributed by atoms with van der Waals surface area (Å²) in [4.78, 5) is 39.2. The van der Waals surface area contributed by atoms with Gasteiger partial charge in [-0.25, -0.2) is 14.6 Å². The molecule has 7 nitrogen and oxygen atoms in total. The van der Waals surface area contributed by atoms with Gasteiger partial charge in [-0.3, -0.25) is 10.1 Å². The van der Waals surface area contributed by atoms with Crippen molar-refractivity contribution < 1.29 is 19.1 Å². The average Bonchev–Trinajstić information content (AvgIpc) is 3.00. The van der Waals surface area contributed by atoms with E-state index in [9.17, 15) is 14.4 Å². The Morgan fingerprint density at radius 3 is 2.62 bits per heavy atom. The molecule has 0 saturated carbocycles. The second-order valence-corrected chi connectivity index (χ2v) is 6.60. The number of aryl methyl sites for hydroxylation is 3. The van der Waals surface area contributed by atoms with Crippen LogP contribution in [0.3, 0.4) is 0 Å². The van der Waals surface area contributed by atoms with E-state index in [4.69, 9.17) is 4.74 Å². The summed E-state index contributed by atoms with van der Waals surface area (Å²) >= 11 is 1.46. The summed E-state index contributed by atoms with van der Waals surface area (Å²) in [7, 11) is 0. The molecule has 136 valence electrons. The van der Waals surface area contributed by atoms with Crippen LogP contribution in [0.2, 0.25) is 0 Å². The summed E-state index contributed by atoms with van der Waals surface area (Å²) < 4.78 is 4.78. The van der Waals surface area contributed by atoms with Crippen molar-refractivity contribution in [2.24, 2.45) is 0 Å². The number of thiazole rings is 1. The summed E-state index contributed by atoms with van der Waals surface area (Å²) in [5.74, 6) is -1.42. The Morgan fingerprint density at radius 1 is 1.19 bits per heavy atom. The third kappa shape index (κ3) is 6.14. The average molecular weight is 373 g/mol. The Kier molecular flexibility index (Phi) is 6.62. The number of rotatable bonds is 5. The van der Waals surface area contributed by atoms with Gasteiger partial charge < -0.3 is 10.1 Å². The minimum absolute atomic E-state index is 0.556. The highest BCUT2D eigenvalue weighted by atomic mass is 32.1. The largest absolute Gasteiger partial charge is 0.452 e. The number of urea groups is 1. The lowest BCUT2D eigenvalue weighted by molar-refractivity contribution is -0.143. The van der Waals surface area contributed by atoms with Crippen molar-refractivity contribution in [2.45, 2.75) is 20.8 Å². The van der Waals surface area contributed by atoms with Crippen LogP contribution in [0, 0.1) is 20.8 Å².